The van der Waals surface area contributed by atoms with Gasteiger partial charge in [-0.15, -0.1) is 0 Å². The van der Waals surface area contributed by atoms with Crippen molar-refractivity contribution in [2.45, 2.75) is 58.4 Å². The Bertz CT molecular complexity index is 391. The van der Waals surface area contributed by atoms with Crippen molar-refractivity contribution >= 4 is 11.8 Å². The van der Waals surface area contributed by atoms with Crippen molar-refractivity contribution in [1.82, 2.24) is 9.80 Å². The number of carbonyl (C=O) groups is 2. The summed E-state index contributed by atoms with van der Waals surface area (Å²) in [5, 5.41) is 0. The van der Waals surface area contributed by atoms with Crippen molar-refractivity contribution in [3.05, 3.63) is 0 Å². The molecule has 5 nitrogen and oxygen atoms in total. The fraction of sp³-hybridized carbons (Fsp3) is 0.882. The second kappa shape index (κ2) is 7.95. The minimum atomic E-state index is -0.370. The van der Waals surface area contributed by atoms with Crippen molar-refractivity contribution in [1.29, 1.82) is 0 Å². The van der Waals surface area contributed by atoms with Gasteiger partial charge in [-0.1, -0.05) is 20.3 Å². The van der Waals surface area contributed by atoms with Crippen LogP contribution in [0.25, 0.3) is 0 Å². The predicted octanol–water partition coefficient (Wildman–Crippen LogP) is 1.61. The molecular formula is C17H31N3O2. The molecule has 2 saturated heterocycles. The molecule has 2 aliphatic rings. The van der Waals surface area contributed by atoms with Gasteiger partial charge in [0.15, 0.2) is 0 Å². The number of likely N-dealkylation sites (tertiary alicyclic amines) is 2. The van der Waals surface area contributed by atoms with E-state index < -0.39 is 0 Å². The van der Waals surface area contributed by atoms with E-state index in [2.05, 4.69) is 6.92 Å². The lowest BCUT2D eigenvalue weighted by molar-refractivity contribution is -0.137. The molecule has 0 aromatic rings. The van der Waals surface area contributed by atoms with Crippen molar-refractivity contribution in [3.8, 4) is 0 Å². The number of piperidine rings is 2. The number of nitrogens with two attached hydrogens (primary N) is 1. The summed E-state index contributed by atoms with van der Waals surface area (Å²) in [6.45, 7) is 7.47. The number of nitrogens with zero attached hydrogens (tertiary/aromatic N) is 2. The predicted molar refractivity (Wildman–Crippen MR) is 87.2 cm³/mol. The maximum Gasteiger partial charge on any atom is 0.239 e. The fourth-order valence-electron chi connectivity index (χ4n) is 3.41. The maximum absolute atomic E-state index is 12.4. The molecule has 2 atom stereocenters. The highest BCUT2D eigenvalue weighted by Gasteiger charge is 2.30. The largest absolute Gasteiger partial charge is 0.342 e. The van der Waals surface area contributed by atoms with Gasteiger partial charge in [-0.25, -0.2) is 0 Å². The van der Waals surface area contributed by atoms with Crippen LogP contribution in [0, 0.1) is 11.8 Å². The first-order valence-electron chi connectivity index (χ1n) is 8.85. The first-order valence-corrected chi connectivity index (χ1v) is 8.85. The molecule has 2 unspecified atom stereocenters. The molecule has 0 bridgehead atoms. The molecule has 2 N–H and O–H groups in total. The third-order valence-electron chi connectivity index (χ3n) is 5.37. The average Bonchev–Trinajstić information content (AvgIpc) is 2.55. The molecule has 22 heavy (non-hydrogen) atoms. The topological polar surface area (TPSA) is 66.6 Å². The zero-order chi connectivity index (χ0) is 16.1. The van der Waals surface area contributed by atoms with E-state index in [-0.39, 0.29) is 17.9 Å². The van der Waals surface area contributed by atoms with Gasteiger partial charge in [-0.05, 0) is 37.5 Å². The van der Waals surface area contributed by atoms with Crippen LogP contribution in [0.5, 0.6) is 0 Å². The van der Waals surface area contributed by atoms with Crippen molar-refractivity contribution in [2.24, 2.45) is 17.6 Å². The summed E-state index contributed by atoms with van der Waals surface area (Å²) in [7, 11) is 0. The maximum atomic E-state index is 12.4. The van der Waals surface area contributed by atoms with Gasteiger partial charge in [0.1, 0.15) is 0 Å². The third-order valence-corrected chi connectivity index (χ3v) is 5.37. The molecule has 2 amide bonds. The highest BCUT2D eigenvalue weighted by atomic mass is 16.2. The summed E-state index contributed by atoms with van der Waals surface area (Å²) in [5.74, 6) is 1.17. The van der Waals surface area contributed by atoms with Crippen LogP contribution < -0.4 is 5.73 Å². The van der Waals surface area contributed by atoms with Gasteiger partial charge >= 0.3 is 0 Å². The Hall–Kier alpha value is -1.10. The normalized spacial score (nSPS) is 23.5. The van der Waals surface area contributed by atoms with Crippen LogP contribution in [0.15, 0.2) is 0 Å². The highest BCUT2D eigenvalue weighted by Crippen LogP contribution is 2.22. The quantitative estimate of drug-likeness (QED) is 0.839. The summed E-state index contributed by atoms with van der Waals surface area (Å²) >= 11 is 0. The van der Waals surface area contributed by atoms with Crippen LogP contribution in [0.4, 0.5) is 0 Å². The van der Waals surface area contributed by atoms with Crippen molar-refractivity contribution in [3.63, 3.8) is 0 Å². The first kappa shape index (κ1) is 17.3. The van der Waals surface area contributed by atoms with Crippen LogP contribution in [0.1, 0.15) is 52.4 Å². The Morgan fingerprint density at radius 1 is 1.27 bits per heavy atom. The van der Waals surface area contributed by atoms with Gasteiger partial charge in [-0.2, -0.15) is 0 Å². The lowest BCUT2D eigenvalue weighted by atomic mass is 9.93. The SMILES string of the molecule is CCC(C)C(N)C(=O)N1CCC(CN2CCCCC2=O)CC1. The van der Waals surface area contributed by atoms with E-state index in [1.807, 2.05) is 16.7 Å². The Balaban J connectivity index is 1.77. The first-order chi connectivity index (χ1) is 10.5. The molecule has 0 aliphatic carbocycles. The summed E-state index contributed by atoms with van der Waals surface area (Å²) in [4.78, 5) is 28.2. The molecule has 0 spiro atoms. The highest BCUT2D eigenvalue weighted by molar-refractivity contribution is 5.82. The molecule has 0 aromatic heterocycles. The summed E-state index contributed by atoms with van der Waals surface area (Å²) < 4.78 is 0. The number of carbonyl (C=O) groups excluding carboxylic acids is 2. The van der Waals surface area contributed by atoms with E-state index >= 15 is 0 Å². The molecule has 0 saturated carbocycles. The average molecular weight is 309 g/mol. The Labute approximate surface area is 134 Å². The minimum absolute atomic E-state index is 0.0989. The molecule has 2 rings (SSSR count). The van der Waals surface area contributed by atoms with Crippen molar-refractivity contribution in [2.75, 3.05) is 26.2 Å². The van der Waals surface area contributed by atoms with Crippen LogP contribution in [0.2, 0.25) is 0 Å². The Morgan fingerprint density at radius 3 is 2.55 bits per heavy atom. The minimum Gasteiger partial charge on any atom is -0.342 e. The van der Waals surface area contributed by atoms with E-state index in [9.17, 15) is 9.59 Å². The fourth-order valence-corrected chi connectivity index (χ4v) is 3.41. The molecule has 2 fully saturated rings. The number of hydrogen-bond donors (Lipinski definition) is 1. The second-order valence-electron chi connectivity index (χ2n) is 6.98. The smallest absolute Gasteiger partial charge is 0.239 e. The lowest BCUT2D eigenvalue weighted by Gasteiger charge is -2.37. The molecule has 2 heterocycles. The Kier molecular flexibility index (Phi) is 6.24. The van der Waals surface area contributed by atoms with Crippen molar-refractivity contribution < 1.29 is 9.59 Å². The number of hydrogen-bond acceptors (Lipinski definition) is 3. The van der Waals surface area contributed by atoms with Gasteiger partial charge in [0, 0.05) is 32.6 Å². The monoisotopic (exact) mass is 309 g/mol. The molecule has 2 aliphatic heterocycles. The zero-order valence-electron chi connectivity index (χ0n) is 14.1. The molecule has 5 heteroatoms. The van der Waals surface area contributed by atoms with E-state index in [4.69, 9.17) is 5.73 Å². The van der Waals surface area contributed by atoms with Crippen LogP contribution >= 0.6 is 0 Å². The van der Waals surface area contributed by atoms with E-state index in [1.165, 1.54) is 0 Å². The third kappa shape index (κ3) is 4.22. The molecule has 0 radical (unpaired) electrons. The van der Waals surface area contributed by atoms with Gasteiger partial charge in [-0.3, -0.25) is 9.59 Å². The molecular weight excluding hydrogens is 278 g/mol. The standard InChI is InChI=1S/C17H31N3O2/c1-3-13(2)16(18)17(22)19-10-7-14(8-11-19)12-20-9-5-4-6-15(20)21/h13-14,16H,3-12,18H2,1-2H3. The summed E-state index contributed by atoms with van der Waals surface area (Å²) in [5.41, 5.74) is 6.06. The van der Waals surface area contributed by atoms with Crippen LogP contribution in [-0.4, -0.2) is 53.8 Å². The summed E-state index contributed by atoms with van der Waals surface area (Å²) in [6.07, 6.45) is 5.79. The second-order valence-corrected chi connectivity index (χ2v) is 6.98. The number of rotatable bonds is 5. The summed E-state index contributed by atoms with van der Waals surface area (Å²) in [6, 6.07) is -0.370. The molecule has 126 valence electrons. The van der Waals surface area contributed by atoms with E-state index in [0.29, 0.717) is 18.2 Å². The van der Waals surface area contributed by atoms with Gasteiger partial charge in [0.05, 0.1) is 6.04 Å². The number of amides is 2. The van der Waals surface area contributed by atoms with Crippen LogP contribution in [0.3, 0.4) is 0 Å². The van der Waals surface area contributed by atoms with E-state index in [0.717, 1.165) is 58.3 Å². The van der Waals surface area contributed by atoms with Gasteiger partial charge in [0.2, 0.25) is 11.8 Å². The lowest BCUT2D eigenvalue weighted by Crippen LogP contribution is -2.50. The zero-order valence-corrected chi connectivity index (χ0v) is 14.1. The van der Waals surface area contributed by atoms with Gasteiger partial charge in [0.25, 0.3) is 0 Å². The van der Waals surface area contributed by atoms with Crippen LogP contribution in [-0.2, 0) is 9.59 Å². The molecule has 0 aromatic carbocycles. The van der Waals surface area contributed by atoms with Gasteiger partial charge < -0.3 is 15.5 Å². The Morgan fingerprint density at radius 2 is 1.95 bits per heavy atom. The van der Waals surface area contributed by atoms with E-state index in [1.54, 1.807) is 0 Å².